The van der Waals surface area contributed by atoms with E-state index in [1.165, 1.54) is 6.92 Å². The summed E-state index contributed by atoms with van der Waals surface area (Å²) in [6, 6.07) is 0. The third kappa shape index (κ3) is 12.4. The topological polar surface area (TPSA) is 514 Å². The molecule has 33 atom stereocenters. The van der Waals surface area contributed by atoms with Crippen LogP contribution in [0.25, 0.3) is 0 Å². The summed E-state index contributed by atoms with van der Waals surface area (Å²) in [6.45, 7) is -3.23. The normalized spacial score (nSPS) is 53.7. The van der Waals surface area contributed by atoms with Crippen molar-refractivity contribution >= 4 is 0 Å². The van der Waals surface area contributed by atoms with Gasteiger partial charge in [-0.1, -0.05) is 0 Å². The zero-order chi connectivity index (χ0) is 54.2. The third-order valence-electron chi connectivity index (χ3n) is 14.0. The van der Waals surface area contributed by atoms with E-state index in [0.29, 0.717) is 0 Å². The van der Waals surface area contributed by atoms with E-state index in [1.54, 1.807) is 0 Å². The first kappa shape index (κ1) is 60.3. The smallest absolute Gasteiger partial charge is 0.189 e. The lowest BCUT2D eigenvalue weighted by molar-refractivity contribution is -0.401. The summed E-state index contributed by atoms with van der Waals surface area (Å²) < 4.78 is 78.5. The lowest BCUT2D eigenvalue weighted by Crippen LogP contribution is -2.68. The molecule has 0 spiro atoms. The molecule has 33 nitrogen and oxygen atoms in total. The lowest BCUT2D eigenvalue weighted by Gasteiger charge is -2.50. The van der Waals surface area contributed by atoms with E-state index in [4.69, 9.17) is 66.3 Å². The molecule has 74 heavy (non-hydrogen) atoms. The van der Waals surface area contributed by atoms with Gasteiger partial charge in [-0.15, -0.1) is 0 Å². The highest BCUT2D eigenvalue weighted by atomic mass is 16.8. The van der Waals surface area contributed by atoms with Gasteiger partial charge in [0.25, 0.3) is 0 Å². The fraction of sp³-hybridized carbons (Fsp3) is 1.00. The molecular formula is C41H70O33. The molecule has 7 fully saturated rings. The molecule has 0 saturated carbocycles. The van der Waals surface area contributed by atoms with Gasteiger partial charge in [0.1, 0.15) is 153 Å². The van der Waals surface area contributed by atoms with Crippen LogP contribution in [-0.2, 0) is 66.3 Å². The van der Waals surface area contributed by atoms with Crippen LogP contribution in [0.1, 0.15) is 6.92 Å². The van der Waals surface area contributed by atoms with E-state index in [2.05, 4.69) is 0 Å². The molecule has 7 aliphatic rings. The Kier molecular flexibility index (Phi) is 21.1. The van der Waals surface area contributed by atoms with Gasteiger partial charge in [0.05, 0.1) is 45.7 Å². The van der Waals surface area contributed by atoms with Crippen LogP contribution in [0.2, 0.25) is 0 Å². The van der Waals surface area contributed by atoms with Gasteiger partial charge in [0, 0.05) is 7.11 Å². The molecule has 0 bridgehead atoms. The van der Waals surface area contributed by atoms with Crippen molar-refractivity contribution in [1.29, 1.82) is 0 Å². The van der Waals surface area contributed by atoms with Gasteiger partial charge in [-0.05, 0) is 6.92 Å². The molecule has 7 aliphatic heterocycles. The highest BCUT2D eigenvalue weighted by molar-refractivity contribution is 4.99. The molecule has 0 aromatic rings. The molecule has 0 aromatic carbocycles. The van der Waals surface area contributed by atoms with Crippen molar-refractivity contribution in [3.8, 4) is 0 Å². The molecule has 0 aliphatic carbocycles. The molecule has 7 saturated heterocycles. The molecule has 0 radical (unpaired) electrons. The molecule has 0 unspecified atom stereocenters. The maximum Gasteiger partial charge on any atom is 0.189 e. The number of ether oxygens (including phenoxy) is 14. The number of hydrogen-bond acceptors (Lipinski definition) is 33. The Morgan fingerprint density at radius 3 is 1.24 bits per heavy atom. The quantitative estimate of drug-likeness (QED) is 0.0643. The van der Waals surface area contributed by atoms with E-state index >= 15 is 0 Å². The molecule has 0 amide bonds. The SMILES string of the molecule is CO[C@H]1[C@@H](O)[C@H](O[C@H]2[C@@H](O)[C@@H](CO)O[C@@H](O[C@@H]3[C@@H](O)[C@H](O[C@H]4[C@H](O)[C@@H](O)[C@@H](O[C@H]5O[C@H](CO)[C@@H](O)[C@H](O)[C@H]5O)O[C@@H]4CO)O[C@H](CO)[C@H]3O)[C@@H]2O)O[C@@H](C)[C@@H]1O[C@H]1OC[C@H](O[C@H]2OC[C@H](O)[C@@H](O)[C@@H]2O)[C@@H](O)[C@@H]1O. The van der Waals surface area contributed by atoms with Crippen molar-refractivity contribution in [1.82, 2.24) is 0 Å². The van der Waals surface area contributed by atoms with Crippen LogP contribution in [-0.4, -0.2) is 347 Å². The average molecular weight is 1090 g/mol. The van der Waals surface area contributed by atoms with Crippen LogP contribution in [0, 0.1) is 0 Å². The van der Waals surface area contributed by atoms with Crippen molar-refractivity contribution < 1.29 is 163 Å². The van der Waals surface area contributed by atoms with Crippen LogP contribution < -0.4 is 0 Å². The van der Waals surface area contributed by atoms with Gasteiger partial charge in [-0.3, -0.25) is 0 Å². The first-order chi connectivity index (χ1) is 35.1. The molecule has 33 heteroatoms. The molecule has 432 valence electrons. The van der Waals surface area contributed by atoms with Gasteiger partial charge in [0.2, 0.25) is 0 Å². The maximum absolute atomic E-state index is 11.6. The van der Waals surface area contributed by atoms with Crippen LogP contribution in [0.5, 0.6) is 0 Å². The van der Waals surface area contributed by atoms with E-state index in [0.717, 1.165) is 7.11 Å². The summed E-state index contributed by atoms with van der Waals surface area (Å²) in [7, 11) is 1.16. The second-order valence-electron chi connectivity index (χ2n) is 18.9. The summed E-state index contributed by atoms with van der Waals surface area (Å²) in [6.07, 6.45) is -58.4. The maximum atomic E-state index is 11.6. The summed E-state index contributed by atoms with van der Waals surface area (Å²) >= 11 is 0. The molecular weight excluding hydrogens is 1020 g/mol. The first-order valence-corrected chi connectivity index (χ1v) is 23.7. The van der Waals surface area contributed by atoms with Crippen molar-refractivity contribution in [2.75, 3.05) is 46.8 Å². The van der Waals surface area contributed by atoms with Crippen LogP contribution in [0.3, 0.4) is 0 Å². The molecule has 0 aromatic heterocycles. The van der Waals surface area contributed by atoms with Crippen molar-refractivity contribution in [3.63, 3.8) is 0 Å². The van der Waals surface area contributed by atoms with Crippen LogP contribution in [0.15, 0.2) is 0 Å². The molecule has 7 rings (SSSR count). The minimum absolute atomic E-state index is 0.405. The van der Waals surface area contributed by atoms with Gasteiger partial charge < -0.3 is 163 Å². The zero-order valence-electron chi connectivity index (χ0n) is 39.5. The highest BCUT2D eigenvalue weighted by Crippen LogP contribution is 2.37. The standard InChI is InChI=1S/C41H70O33/c1-9-30(70-36-24(55)18(49)15(8-63-36)69-35-23(54)16(47)10(46)7-62-35)34(61-2)29(60)39(64-9)72-32-19(50)13(5-44)67-41(28(32)59)73-33-20(51)12(4-43)66-40(27(33)58)71-31-14(6-45)68-38(26(57)22(31)53)74-37-25(56)21(52)17(48)11(3-42)65-37/h9-60H,3-8H2,1-2H3/t9-,10-,11+,12+,13+,14+,15-,16+,17+,18+,19-,20+,21-,22+,23-,24-,25+,26+,27+,28+,29+,30-,31+,32-,33-,34-,35+,36+,37+,38+,39-,40-,41-/m0/s1. The van der Waals surface area contributed by atoms with Gasteiger partial charge in [0.15, 0.2) is 44.0 Å². The number of hydrogen-bond donors (Lipinski definition) is 19. The second kappa shape index (κ2) is 25.9. The Morgan fingerprint density at radius 2 is 0.716 bits per heavy atom. The molecule has 7 heterocycles. The van der Waals surface area contributed by atoms with Crippen LogP contribution >= 0.6 is 0 Å². The van der Waals surface area contributed by atoms with E-state index in [1.807, 2.05) is 0 Å². The lowest BCUT2D eigenvalue weighted by atomic mass is 9.95. The van der Waals surface area contributed by atoms with Crippen molar-refractivity contribution in [3.05, 3.63) is 0 Å². The van der Waals surface area contributed by atoms with Crippen molar-refractivity contribution in [2.24, 2.45) is 0 Å². The summed E-state index contributed by atoms with van der Waals surface area (Å²) in [5.41, 5.74) is 0. The Balaban J connectivity index is 0.985. The predicted molar refractivity (Wildman–Crippen MR) is 223 cm³/mol. The number of methoxy groups -OCH3 is 1. The van der Waals surface area contributed by atoms with Crippen LogP contribution in [0.4, 0.5) is 0 Å². The Bertz CT molecular complexity index is 1710. The highest BCUT2D eigenvalue weighted by Gasteiger charge is 2.57. The number of aliphatic hydroxyl groups is 19. The minimum atomic E-state index is -2.17. The zero-order valence-corrected chi connectivity index (χ0v) is 39.5. The Hall–Kier alpha value is -1.32. The van der Waals surface area contributed by atoms with Gasteiger partial charge in [-0.25, -0.2) is 0 Å². The number of rotatable bonds is 17. The van der Waals surface area contributed by atoms with Gasteiger partial charge in [-0.2, -0.15) is 0 Å². The van der Waals surface area contributed by atoms with E-state index in [-0.39, 0.29) is 0 Å². The Labute approximate surface area is 419 Å². The monoisotopic (exact) mass is 1090 g/mol. The number of aliphatic hydroxyl groups excluding tert-OH is 19. The summed E-state index contributed by atoms with van der Waals surface area (Å²) in [5.74, 6) is 0. The van der Waals surface area contributed by atoms with Gasteiger partial charge >= 0.3 is 0 Å². The molecule has 19 N–H and O–H groups in total. The summed E-state index contributed by atoms with van der Waals surface area (Å²) in [5, 5.41) is 202. The van der Waals surface area contributed by atoms with E-state index in [9.17, 15) is 97.0 Å². The third-order valence-corrected chi connectivity index (χ3v) is 14.0. The van der Waals surface area contributed by atoms with E-state index < -0.39 is 242 Å². The average Bonchev–Trinajstić information content (AvgIpc) is 3.38. The first-order valence-electron chi connectivity index (χ1n) is 23.7. The summed E-state index contributed by atoms with van der Waals surface area (Å²) in [4.78, 5) is 0. The minimum Gasteiger partial charge on any atom is -0.394 e. The fourth-order valence-electron chi connectivity index (χ4n) is 9.56. The fourth-order valence-corrected chi connectivity index (χ4v) is 9.56. The second-order valence-corrected chi connectivity index (χ2v) is 18.9. The largest absolute Gasteiger partial charge is 0.394 e. The predicted octanol–water partition coefficient (Wildman–Crippen LogP) is -13.3. The van der Waals surface area contributed by atoms with Crippen molar-refractivity contribution in [2.45, 2.75) is 210 Å². The Morgan fingerprint density at radius 1 is 0.324 bits per heavy atom.